The van der Waals surface area contributed by atoms with Crippen molar-refractivity contribution in [3.8, 4) is 0 Å². The van der Waals surface area contributed by atoms with E-state index in [0.717, 1.165) is 19.4 Å². The first-order chi connectivity index (χ1) is 7.52. The van der Waals surface area contributed by atoms with Crippen molar-refractivity contribution in [1.82, 2.24) is 15.2 Å². The zero-order chi connectivity index (χ0) is 11.8. The minimum absolute atomic E-state index is 0.0569. The number of thioether (sulfide) groups is 1. The third-order valence-corrected chi connectivity index (χ3v) is 4.68. The highest BCUT2D eigenvalue weighted by Gasteiger charge is 2.40. The van der Waals surface area contributed by atoms with Gasteiger partial charge in [-0.05, 0) is 19.1 Å². The Bertz CT molecular complexity index is 342. The van der Waals surface area contributed by atoms with Crippen molar-refractivity contribution in [1.29, 1.82) is 0 Å². The molecule has 3 unspecified atom stereocenters. The largest absolute Gasteiger partial charge is 0.375 e. The third kappa shape index (κ3) is 2.52. The standard InChI is InChI=1S/C8H17N3O3S2/c1-15-8-9-7(6-4-3-5-14-6)10-11(8)16(2,12)13/h6-10H,3-5H2,1-2H3. The van der Waals surface area contributed by atoms with Gasteiger partial charge in [-0.2, -0.15) is 0 Å². The van der Waals surface area contributed by atoms with Crippen molar-refractivity contribution in [3.05, 3.63) is 0 Å². The number of hydrazine groups is 1. The van der Waals surface area contributed by atoms with Crippen LogP contribution in [-0.2, 0) is 14.8 Å². The van der Waals surface area contributed by atoms with Gasteiger partial charge in [0.1, 0.15) is 11.7 Å². The summed E-state index contributed by atoms with van der Waals surface area (Å²) >= 11 is 1.45. The molecular weight excluding hydrogens is 250 g/mol. The van der Waals surface area contributed by atoms with Crippen molar-refractivity contribution in [3.63, 3.8) is 0 Å². The van der Waals surface area contributed by atoms with Gasteiger partial charge in [-0.1, -0.05) is 0 Å². The van der Waals surface area contributed by atoms with Crippen LogP contribution in [0.2, 0.25) is 0 Å². The van der Waals surface area contributed by atoms with Crippen LogP contribution in [-0.4, -0.2) is 49.7 Å². The quantitative estimate of drug-likeness (QED) is 0.719. The smallest absolute Gasteiger partial charge is 0.226 e. The number of nitrogens with one attached hydrogen (secondary N) is 2. The number of rotatable bonds is 3. The maximum atomic E-state index is 11.5. The molecule has 2 fully saturated rings. The Hall–Kier alpha value is 0.140. The average molecular weight is 267 g/mol. The SMILES string of the molecule is CSC1NC(C2CCCO2)NN1S(C)(=O)=O. The van der Waals surface area contributed by atoms with Gasteiger partial charge in [-0.15, -0.1) is 16.2 Å². The van der Waals surface area contributed by atoms with E-state index in [9.17, 15) is 8.42 Å². The molecule has 0 aromatic heterocycles. The second kappa shape index (κ2) is 4.79. The number of hydrogen-bond acceptors (Lipinski definition) is 6. The van der Waals surface area contributed by atoms with E-state index in [1.165, 1.54) is 22.4 Å². The molecule has 16 heavy (non-hydrogen) atoms. The first-order valence-corrected chi connectivity index (χ1v) is 8.32. The van der Waals surface area contributed by atoms with Crippen LogP contribution in [0.25, 0.3) is 0 Å². The summed E-state index contributed by atoms with van der Waals surface area (Å²) in [4.78, 5) is 0. The lowest BCUT2D eigenvalue weighted by molar-refractivity contribution is 0.0725. The van der Waals surface area contributed by atoms with E-state index in [1.807, 2.05) is 6.26 Å². The van der Waals surface area contributed by atoms with Crippen LogP contribution in [0.3, 0.4) is 0 Å². The maximum Gasteiger partial charge on any atom is 0.226 e. The first kappa shape index (κ1) is 12.6. The summed E-state index contributed by atoms with van der Waals surface area (Å²) < 4.78 is 29.9. The second-order valence-electron chi connectivity index (χ2n) is 3.97. The molecule has 0 saturated carbocycles. The van der Waals surface area contributed by atoms with Crippen LogP contribution in [0, 0.1) is 0 Å². The Morgan fingerprint density at radius 2 is 2.25 bits per heavy atom. The monoisotopic (exact) mass is 267 g/mol. The zero-order valence-electron chi connectivity index (χ0n) is 9.34. The lowest BCUT2D eigenvalue weighted by Gasteiger charge is -2.19. The van der Waals surface area contributed by atoms with E-state index in [2.05, 4.69) is 10.7 Å². The molecular formula is C8H17N3O3S2. The number of hydrogen-bond donors (Lipinski definition) is 2. The highest BCUT2D eigenvalue weighted by Crippen LogP contribution is 2.23. The molecule has 2 aliphatic rings. The van der Waals surface area contributed by atoms with Gasteiger partial charge in [0.25, 0.3) is 0 Å². The summed E-state index contributed by atoms with van der Waals surface area (Å²) in [6, 6.07) is 0. The Kier molecular flexibility index (Phi) is 3.77. The van der Waals surface area contributed by atoms with Crippen molar-refractivity contribution in [2.45, 2.75) is 30.6 Å². The minimum Gasteiger partial charge on any atom is -0.375 e. The van der Waals surface area contributed by atoms with E-state index in [4.69, 9.17) is 4.74 Å². The van der Waals surface area contributed by atoms with Crippen molar-refractivity contribution in [2.75, 3.05) is 19.1 Å². The summed E-state index contributed by atoms with van der Waals surface area (Å²) in [5.74, 6) is 0. The minimum atomic E-state index is -3.24. The van der Waals surface area contributed by atoms with Crippen LogP contribution in [0.1, 0.15) is 12.8 Å². The fraction of sp³-hybridized carbons (Fsp3) is 1.00. The van der Waals surface area contributed by atoms with E-state index >= 15 is 0 Å². The summed E-state index contributed by atoms with van der Waals surface area (Å²) in [7, 11) is -3.24. The van der Waals surface area contributed by atoms with Crippen molar-refractivity contribution < 1.29 is 13.2 Å². The summed E-state index contributed by atoms with van der Waals surface area (Å²) in [6.07, 6.45) is 5.01. The third-order valence-electron chi connectivity index (χ3n) is 2.72. The van der Waals surface area contributed by atoms with E-state index in [0.29, 0.717) is 0 Å². The topological polar surface area (TPSA) is 70.7 Å². The lowest BCUT2D eigenvalue weighted by Crippen LogP contribution is -2.46. The molecule has 0 aliphatic carbocycles. The molecule has 2 aliphatic heterocycles. The van der Waals surface area contributed by atoms with E-state index in [1.54, 1.807) is 0 Å². The molecule has 2 heterocycles. The van der Waals surface area contributed by atoms with Gasteiger partial charge in [-0.3, -0.25) is 5.32 Å². The van der Waals surface area contributed by atoms with E-state index in [-0.39, 0.29) is 17.8 Å². The van der Waals surface area contributed by atoms with Crippen LogP contribution in [0.4, 0.5) is 0 Å². The number of ether oxygens (including phenoxy) is 1. The maximum absolute atomic E-state index is 11.5. The van der Waals surface area contributed by atoms with Gasteiger partial charge in [0.15, 0.2) is 0 Å². The Labute approximate surface area is 100 Å². The molecule has 0 aromatic carbocycles. The fourth-order valence-electron chi connectivity index (χ4n) is 1.95. The van der Waals surface area contributed by atoms with Gasteiger partial charge in [0.2, 0.25) is 10.0 Å². The number of nitrogens with zero attached hydrogens (tertiary/aromatic N) is 1. The molecule has 6 nitrogen and oxygen atoms in total. The molecule has 8 heteroatoms. The van der Waals surface area contributed by atoms with Gasteiger partial charge in [0, 0.05) is 6.61 Å². The fourth-order valence-corrected chi connectivity index (χ4v) is 3.93. The Morgan fingerprint density at radius 1 is 1.50 bits per heavy atom. The normalized spacial score (nSPS) is 37.0. The summed E-state index contributed by atoms with van der Waals surface area (Å²) in [5, 5.41) is 3.21. The predicted octanol–water partition coefficient (Wildman–Crippen LogP) is -0.492. The molecule has 0 bridgehead atoms. The molecule has 3 atom stereocenters. The van der Waals surface area contributed by atoms with Gasteiger partial charge in [-0.25, -0.2) is 13.8 Å². The molecule has 0 radical (unpaired) electrons. The van der Waals surface area contributed by atoms with Crippen LogP contribution in [0.15, 0.2) is 0 Å². The van der Waals surface area contributed by atoms with Crippen LogP contribution >= 0.6 is 11.8 Å². The van der Waals surface area contributed by atoms with Gasteiger partial charge < -0.3 is 4.74 Å². The molecule has 0 amide bonds. The molecule has 2 saturated heterocycles. The van der Waals surface area contributed by atoms with Gasteiger partial charge in [0.05, 0.1) is 12.4 Å². The average Bonchev–Trinajstić information content (AvgIpc) is 2.85. The van der Waals surface area contributed by atoms with Gasteiger partial charge >= 0.3 is 0 Å². The zero-order valence-corrected chi connectivity index (χ0v) is 11.0. The molecule has 2 N–H and O–H groups in total. The van der Waals surface area contributed by atoms with Crippen LogP contribution < -0.4 is 10.7 Å². The van der Waals surface area contributed by atoms with Crippen molar-refractivity contribution >= 4 is 21.8 Å². The van der Waals surface area contributed by atoms with Crippen LogP contribution in [0.5, 0.6) is 0 Å². The highest BCUT2D eigenvalue weighted by atomic mass is 32.2. The molecule has 2 rings (SSSR count). The first-order valence-electron chi connectivity index (χ1n) is 5.18. The van der Waals surface area contributed by atoms with E-state index < -0.39 is 10.0 Å². The lowest BCUT2D eigenvalue weighted by atomic mass is 10.2. The summed E-state index contributed by atoms with van der Waals surface area (Å²) in [5.41, 5.74) is 2.70. The van der Waals surface area contributed by atoms with Crippen molar-refractivity contribution in [2.24, 2.45) is 0 Å². The molecule has 0 spiro atoms. The Morgan fingerprint density at radius 3 is 2.69 bits per heavy atom. The second-order valence-corrected chi connectivity index (χ2v) is 6.75. The number of sulfonamides is 1. The molecule has 94 valence electrons. The molecule has 0 aromatic rings. The summed E-state index contributed by atoms with van der Waals surface area (Å²) in [6.45, 7) is 0.757. The predicted molar refractivity (Wildman–Crippen MR) is 63.0 cm³/mol. The highest BCUT2D eigenvalue weighted by molar-refractivity contribution is 8.00. The Balaban J connectivity index is 2.06.